The molecule has 2 atom stereocenters. The number of aliphatic hydroxyl groups excluding tert-OH is 1. The molecule has 5 N–H and O–H groups in total. The van der Waals surface area contributed by atoms with Gasteiger partial charge in [0.05, 0.1) is 25.9 Å². The zero-order chi connectivity index (χ0) is 21.0. The van der Waals surface area contributed by atoms with Crippen LogP contribution in [0.15, 0.2) is 17.1 Å². The summed E-state index contributed by atoms with van der Waals surface area (Å²) in [5.74, 6) is -0.839. The maximum absolute atomic E-state index is 11.9. The van der Waals surface area contributed by atoms with Crippen LogP contribution >= 0.6 is 7.60 Å². The summed E-state index contributed by atoms with van der Waals surface area (Å²) in [4.78, 5) is 35.3. The average molecular weight is 423 g/mol. The number of nitrogens with two attached hydrogens (primary N) is 1. The lowest BCUT2D eigenvalue weighted by Gasteiger charge is -2.19. The van der Waals surface area contributed by atoms with Crippen molar-refractivity contribution < 1.29 is 38.5 Å². The van der Waals surface area contributed by atoms with Crippen molar-refractivity contribution in [2.75, 3.05) is 38.5 Å². The van der Waals surface area contributed by atoms with Gasteiger partial charge in [-0.2, -0.15) is 4.98 Å². The maximum Gasteiger partial charge on any atom is 0.353 e. The molecule has 0 radical (unpaired) electrons. The van der Waals surface area contributed by atoms with E-state index in [1.54, 1.807) is 0 Å². The van der Waals surface area contributed by atoms with Crippen LogP contribution in [-0.4, -0.2) is 69.5 Å². The zero-order valence-electron chi connectivity index (χ0n) is 15.3. The second-order valence-corrected chi connectivity index (χ2v) is 7.61. The van der Waals surface area contributed by atoms with Crippen LogP contribution in [0, 0.1) is 0 Å². The van der Waals surface area contributed by atoms with Gasteiger partial charge in [0.15, 0.2) is 0 Å². The summed E-state index contributed by atoms with van der Waals surface area (Å²) in [6.07, 6.45) is 0.553. The number of hydrogen-bond acceptors (Lipinski definition) is 9. The van der Waals surface area contributed by atoms with E-state index in [4.69, 9.17) is 24.8 Å². The highest BCUT2D eigenvalue weighted by Gasteiger charge is 2.22. The lowest BCUT2D eigenvalue weighted by Crippen LogP contribution is -2.32. The van der Waals surface area contributed by atoms with E-state index >= 15 is 0 Å². The Hall–Kier alpha value is -1.82. The Kier molecular flexibility index (Phi) is 10.9. The van der Waals surface area contributed by atoms with Gasteiger partial charge in [-0.25, -0.2) is 4.79 Å². The summed E-state index contributed by atoms with van der Waals surface area (Å²) in [6.45, 7) is -0.0778. The molecule has 0 aromatic carbocycles. The van der Waals surface area contributed by atoms with E-state index in [1.807, 2.05) is 0 Å². The van der Waals surface area contributed by atoms with E-state index in [1.165, 1.54) is 12.3 Å². The Balaban J connectivity index is 2.27. The molecule has 13 heteroatoms. The Morgan fingerprint density at radius 2 is 2.04 bits per heavy atom. The van der Waals surface area contributed by atoms with Gasteiger partial charge in [-0.15, -0.1) is 0 Å². The molecule has 12 nitrogen and oxygen atoms in total. The van der Waals surface area contributed by atoms with Gasteiger partial charge < -0.3 is 34.8 Å². The minimum atomic E-state index is -4.05. The van der Waals surface area contributed by atoms with Crippen molar-refractivity contribution in [1.29, 1.82) is 0 Å². The van der Waals surface area contributed by atoms with E-state index in [0.717, 1.165) is 4.57 Å². The second-order valence-electron chi connectivity index (χ2n) is 5.82. The Morgan fingerprint density at radius 1 is 1.32 bits per heavy atom. The van der Waals surface area contributed by atoms with Crippen LogP contribution in [0.2, 0.25) is 0 Å². The van der Waals surface area contributed by atoms with Crippen molar-refractivity contribution in [3.8, 4) is 0 Å². The molecule has 160 valence electrons. The standard InChI is InChI=1S/C15H26N3O9P/c16-13-4-5-18(15(22)17-13)9-12(10-19)26-11-28(23,24)27-8-2-7-25-6-1-3-14(20)21/h4-5,12,19H,1-3,6-11H2,(H,20,21)(H,23,24)(H2,16,17,22)/t12-/m0/s1. The first-order chi connectivity index (χ1) is 13.2. The molecule has 1 aromatic heterocycles. The number of aliphatic carboxylic acids is 1. The fourth-order valence-electron chi connectivity index (χ4n) is 2.00. The third-order valence-electron chi connectivity index (χ3n) is 3.38. The van der Waals surface area contributed by atoms with E-state index in [0.29, 0.717) is 12.8 Å². The van der Waals surface area contributed by atoms with Gasteiger partial charge >= 0.3 is 19.3 Å². The molecule has 1 unspecified atom stereocenters. The Bertz CT molecular complexity index is 712. The summed E-state index contributed by atoms with van der Waals surface area (Å²) in [5.41, 5.74) is 4.76. The first kappa shape index (κ1) is 24.2. The van der Waals surface area contributed by atoms with Crippen LogP contribution in [0.5, 0.6) is 0 Å². The van der Waals surface area contributed by atoms with Crippen LogP contribution in [0.4, 0.5) is 5.82 Å². The zero-order valence-corrected chi connectivity index (χ0v) is 16.2. The number of aromatic nitrogens is 2. The second kappa shape index (κ2) is 12.6. The first-order valence-electron chi connectivity index (χ1n) is 8.55. The third-order valence-corrected chi connectivity index (χ3v) is 4.44. The van der Waals surface area contributed by atoms with Crippen LogP contribution < -0.4 is 11.4 Å². The average Bonchev–Trinajstić information content (AvgIpc) is 2.62. The largest absolute Gasteiger partial charge is 0.481 e. The monoisotopic (exact) mass is 423 g/mol. The number of carboxylic acid groups (broad SMARTS) is 1. The predicted octanol–water partition coefficient (Wildman–Crippen LogP) is -0.366. The molecule has 1 aromatic rings. The van der Waals surface area contributed by atoms with Crippen LogP contribution in [0.1, 0.15) is 19.3 Å². The number of carboxylic acids is 1. The van der Waals surface area contributed by atoms with Gasteiger partial charge in [0, 0.05) is 25.8 Å². The van der Waals surface area contributed by atoms with Crippen molar-refractivity contribution in [3.05, 3.63) is 22.7 Å². The smallest absolute Gasteiger partial charge is 0.353 e. The van der Waals surface area contributed by atoms with Gasteiger partial charge in [-0.05, 0) is 18.9 Å². The summed E-state index contributed by atoms with van der Waals surface area (Å²) < 4.78 is 28.3. The van der Waals surface area contributed by atoms with E-state index in [-0.39, 0.29) is 38.6 Å². The van der Waals surface area contributed by atoms with Crippen molar-refractivity contribution in [2.45, 2.75) is 31.9 Å². The normalized spacial score (nSPS) is 14.5. The van der Waals surface area contributed by atoms with Crippen LogP contribution in [-0.2, 0) is 29.9 Å². The molecule has 0 aliphatic carbocycles. The van der Waals surface area contributed by atoms with Crippen molar-refractivity contribution >= 4 is 19.4 Å². The van der Waals surface area contributed by atoms with E-state index < -0.39 is 38.3 Å². The quantitative estimate of drug-likeness (QED) is 0.213. The van der Waals surface area contributed by atoms with Crippen LogP contribution in [0.25, 0.3) is 0 Å². The SMILES string of the molecule is Nc1ccn(C[C@@H](CO)OCP(=O)(O)OCCCOCCCC(=O)O)c(=O)n1. The molecule has 0 aliphatic rings. The summed E-state index contributed by atoms with van der Waals surface area (Å²) in [6, 6.07) is 1.40. The molecule has 0 fully saturated rings. The number of carbonyl (C=O) groups is 1. The topological polar surface area (TPSA) is 183 Å². The molecule has 1 heterocycles. The molecule has 0 amide bonds. The van der Waals surface area contributed by atoms with Crippen LogP contribution in [0.3, 0.4) is 0 Å². The molecule has 0 saturated heterocycles. The Labute approximate surface area is 161 Å². The lowest BCUT2D eigenvalue weighted by atomic mass is 10.3. The molecule has 0 aliphatic heterocycles. The van der Waals surface area contributed by atoms with Gasteiger partial charge in [0.2, 0.25) is 0 Å². The molecule has 0 spiro atoms. The van der Waals surface area contributed by atoms with E-state index in [9.17, 15) is 24.2 Å². The molecular formula is C15H26N3O9P. The lowest BCUT2D eigenvalue weighted by molar-refractivity contribution is -0.137. The highest BCUT2D eigenvalue weighted by atomic mass is 31.2. The van der Waals surface area contributed by atoms with E-state index in [2.05, 4.69) is 4.98 Å². The molecule has 0 saturated carbocycles. The fourth-order valence-corrected chi connectivity index (χ4v) is 2.88. The number of hydrogen-bond donors (Lipinski definition) is 4. The minimum absolute atomic E-state index is 0.0181. The van der Waals surface area contributed by atoms with Gasteiger partial charge in [-0.1, -0.05) is 0 Å². The highest BCUT2D eigenvalue weighted by molar-refractivity contribution is 7.52. The van der Waals surface area contributed by atoms with Crippen molar-refractivity contribution in [1.82, 2.24) is 9.55 Å². The van der Waals surface area contributed by atoms with Crippen molar-refractivity contribution in [2.24, 2.45) is 0 Å². The maximum atomic E-state index is 11.9. The number of nitrogens with zero attached hydrogens (tertiary/aromatic N) is 2. The predicted molar refractivity (Wildman–Crippen MR) is 97.8 cm³/mol. The summed E-state index contributed by atoms with van der Waals surface area (Å²) in [7, 11) is -4.05. The molecule has 1 rings (SSSR count). The highest BCUT2D eigenvalue weighted by Crippen LogP contribution is 2.42. The number of ether oxygens (including phenoxy) is 2. The fraction of sp³-hybridized carbons (Fsp3) is 0.667. The molecule has 28 heavy (non-hydrogen) atoms. The third kappa shape index (κ3) is 10.5. The Morgan fingerprint density at radius 3 is 2.68 bits per heavy atom. The van der Waals surface area contributed by atoms with Gasteiger partial charge in [-0.3, -0.25) is 13.9 Å². The minimum Gasteiger partial charge on any atom is -0.481 e. The van der Waals surface area contributed by atoms with Gasteiger partial charge in [0.25, 0.3) is 0 Å². The number of nitrogen functional groups attached to an aromatic ring is 1. The first-order valence-corrected chi connectivity index (χ1v) is 10.3. The summed E-state index contributed by atoms with van der Waals surface area (Å²) in [5, 5.41) is 17.8. The molecule has 0 bridgehead atoms. The molecular weight excluding hydrogens is 397 g/mol. The number of anilines is 1. The summed E-state index contributed by atoms with van der Waals surface area (Å²) >= 11 is 0. The number of aliphatic hydroxyl groups is 1. The van der Waals surface area contributed by atoms with Crippen molar-refractivity contribution in [3.63, 3.8) is 0 Å². The number of rotatable bonds is 15. The van der Waals surface area contributed by atoms with Gasteiger partial charge in [0.1, 0.15) is 12.2 Å².